The number of halogens is 2. The molecule has 0 saturated carbocycles. The third-order valence-electron chi connectivity index (χ3n) is 5.04. The van der Waals surface area contributed by atoms with E-state index in [9.17, 15) is 0 Å². The zero-order chi connectivity index (χ0) is 20.2. The van der Waals surface area contributed by atoms with Gasteiger partial charge in [-0.05, 0) is 40.6 Å². The second-order valence-electron chi connectivity index (χ2n) is 6.87. The predicted molar refractivity (Wildman–Crippen MR) is 126 cm³/mol. The molecule has 4 aromatic rings. The van der Waals surface area contributed by atoms with E-state index in [-0.39, 0.29) is 12.4 Å². The maximum atomic E-state index is 6.41. The van der Waals surface area contributed by atoms with Crippen LogP contribution in [0.4, 0.5) is 0 Å². The number of aryl methyl sites for hydroxylation is 1. The van der Waals surface area contributed by atoms with Crippen molar-refractivity contribution in [2.24, 2.45) is 7.05 Å². The molecule has 6 nitrogen and oxygen atoms in total. The first-order chi connectivity index (χ1) is 14.1. The predicted octanol–water partition coefficient (Wildman–Crippen LogP) is 4.48. The van der Waals surface area contributed by atoms with E-state index in [4.69, 9.17) is 11.6 Å². The molecule has 0 radical (unpaired) electrons. The Labute approximate surface area is 191 Å². The molecule has 0 saturated heterocycles. The normalized spacial score (nSPS) is 11.0. The van der Waals surface area contributed by atoms with Gasteiger partial charge in [0.1, 0.15) is 0 Å². The summed E-state index contributed by atoms with van der Waals surface area (Å²) in [5.74, 6) is 0.908. The number of para-hydroxylation sites is 1. The zero-order valence-electron chi connectivity index (χ0n) is 16.9. The van der Waals surface area contributed by atoms with Gasteiger partial charge >= 0.3 is 0 Å². The highest BCUT2D eigenvalue weighted by Crippen LogP contribution is 2.28. The maximum absolute atomic E-state index is 6.41. The molecular formula is C21H24Cl2N6S. The summed E-state index contributed by atoms with van der Waals surface area (Å²) in [6.45, 7) is 4.65. The molecule has 0 spiro atoms. The second kappa shape index (κ2) is 10.3. The number of benzene rings is 2. The van der Waals surface area contributed by atoms with E-state index in [0.29, 0.717) is 0 Å². The van der Waals surface area contributed by atoms with Crippen molar-refractivity contribution in [3.8, 4) is 0 Å². The number of hydrogen-bond donors (Lipinski definition) is 1. The Hall–Kier alpha value is -2.06. The van der Waals surface area contributed by atoms with Gasteiger partial charge in [0.25, 0.3) is 0 Å². The minimum atomic E-state index is 0. The minimum Gasteiger partial charge on any atom is -0.340 e. The van der Waals surface area contributed by atoms with Crippen LogP contribution in [0.3, 0.4) is 0 Å². The zero-order valence-corrected chi connectivity index (χ0v) is 19.3. The van der Waals surface area contributed by atoms with E-state index in [0.717, 1.165) is 41.1 Å². The van der Waals surface area contributed by atoms with Crippen LogP contribution in [0, 0.1) is 6.92 Å². The van der Waals surface area contributed by atoms with Crippen molar-refractivity contribution in [3.05, 3.63) is 70.4 Å². The first-order valence-electron chi connectivity index (χ1n) is 9.51. The van der Waals surface area contributed by atoms with Gasteiger partial charge in [-0.3, -0.25) is 0 Å². The Morgan fingerprint density at radius 2 is 1.87 bits per heavy atom. The molecule has 2 aromatic carbocycles. The molecule has 2 aromatic heterocycles. The van der Waals surface area contributed by atoms with Crippen LogP contribution in [0.2, 0.25) is 5.02 Å². The lowest BCUT2D eigenvalue weighted by Crippen LogP contribution is -2.17. The second-order valence-corrected chi connectivity index (χ2v) is 8.34. The fourth-order valence-corrected chi connectivity index (χ4v) is 4.44. The van der Waals surface area contributed by atoms with E-state index >= 15 is 0 Å². The van der Waals surface area contributed by atoms with Crippen LogP contribution < -0.4 is 5.32 Å². The number of hydrogen-bond acceptors (Lipinski definition) is 5. The lowest BCUT2D eigenvalue weighted by Gasteiger charge is -2.11. The van der Waals surface area contributed by atoms with E-state index in [1.54, 1.807) is 16.4 Å². The van der Waals surface area contributed by atoms with Gasteiger partial charge in [0.05, 0.1) is 0 Å². The molecule has 0 atom stereocenters. The fraction of sp³-hybridized carbons (Fsp3) is 0.286. The van der Waals surface area contributed by atoms with Gasteiger partial charge < -0.3 is 9.88 Å². The van der Waals surface area contributed by atoms with Crippen LogP contribution in [0.15, 0.2) is 53.7 Å². The highest BCUT2D eigenvalue weighted by atomic mass is 35.5. The van der Waals surface area contributed by atoms with Crippen LogP contribution in [-0.4, -0.2) is 37.1 Å². The Morgan fingerprint density at radius 3 is 2.63 bits per heavy atom. The van der Waals surface area contributed by atoms with Crippen LogP contribution in [0.25, 0.3) is 10.9 Å². The number of aromatic nitrogens is 5. The average Bonchev–Trinajstić information content (AvgIpc) is 3.25. The molecule has 0 fully saturated rings. The van der Waals surface area contributed by atoms with Gasteiger partial charge in [0.2, 0.25) is 5.16 Å². The molecule has 1 N–H and O–H groups in total. The van der Waals surface area contributed by atoms with Gasteiger partial charge in [-0.25, -0.2) is 4.68 Å². The average molecular weight is 463 g/mol. The molecular weight excluding hydrogens is 439 g/mol. The maximum Gasteiger partial charge on any atom is 0.209 e. The Bertz CT molecular complexity index is 1120. The Morgan fingerprint density at radius 1 is 1.10 bits per heavy atom. The van der Waals surface area contributed by atoms with Crippen molar-refractivity contribution < 1.29 is 0 Å². The topological polar surface area (TPSA) is 60.6 Å². The minimum absolute atomic E-state index is 0. The highest BCUT2D eigenvalue weighted by Gasteiger charge is 2.14. The lowest BCUT2D eigenvalue weighted by molar-refractivity contribution is 0.663. The number of nitrogens with zero attached hydrogens (tertiary/aromatic N) is 5. The van der Waals surface area contributed by atoms with Gasteiger partial charge in [0, 0.05) is 54.1 Å². The number of nitrogens with one attached hydrogen (secondary N) is 1. The molecule has 4 rings (SSSR count). The molecule has 0 amide bonds. The monoisotopic (exact) mass is 462 g/mol. The van der Waals surface area contributed by atoms with Crippen molar-refractivity contribution in [3.63, 3.8) is 0 Å². The first kappa shape index (κ1) is 22.6. The molecule has 0 unspecified atom stereocenters. The third-order valence-corrected chi connectivity index (χ3v) is 6.42. The first-order valence-corrected chi connectivity index (χ1v) is 10.9. The lowest BCUT2D eigenvalue weighted by atomic mass is 10.1. The molecule has 0 aliphatic heterocycles. The summed E-state index contributed by atoms with van der Waals surface area (Å²) >= 11 is 8.06. The summed E-state index contributed by atoms with van der Waals surface area (Å²) in [7, 11) is 1.85. The van der Waals surface area contributed by atoms with E-state index < -0.39 is 0 Å². The molecule has 0 aliphatic rings. The van der Waals surface area contributed by atoms with Gasteiger partial charge in [-0.2, -0.15) is 0 Å². The highest BCUT2D eigenvalue weighted by molar-refractivity contribution is 7.99. The molecule has 0 bridgehead atoms. The standard InChI is InChI=1S/C21H23ClN6S.ClH/c1-15-18(13-23-11-12-29-21-24-25-26-27(21)2)17-8-4-6-10-20(17)28(15)14-16-7-3-5-9-19(16)22;/h3-10,23H,11-14H2,1-2H3;1H. The molecule has 0 aliphatic carbocycles. The third kappa shape index (κ3) is 4.81. The summed E-state index contributed by atoms with van der Waals surface area (Å²) in [6, 6.07) is 16.6. The summed E-state index contributed by atoms with van der Waals surface area (Å²) in [5.41, 5.74) is 4.97. The van der Waals surface area contributed by atoms with Crippen LogP contribution >= 0.6 is 35.8 Å². The number of tetrazole rings is 1. The van der Waals surface area contributed by atoms with Crippen molar-refractivity contribution in [1.82, 2.24) is 30.1 Å². The van der Waals surface area contributed by atoms with Gasteiger partial charge in [0.15, 0.2) is 0 Å². The van der Waals surface area contributed by atoms with Gasteiger partial charge in [-0.1, -0.05) is 59.8 Å². The van der Waals surface area contributed by atoms with Crippen molar-refractivity contribution in [2.75, 3.05) is 12.3 Å². The van der Waals surface area contributed by atoms with Crippen molar-refractivity contribution >= 4 is 46.7 Å². The summed E-state index contributed by atoms with van der Waals surface area (Å²) in [4.78, 5) is 0. The summed E-state index contributed by atoms with van der Waals surface area (Å²) in [5, 5.41) is 18.0. The van der Waals surface area contributed by atoms with Gasteiger partial charge in [-0.15, -0.1) is 17.5 Å². The number of fused-ring (bicyclic) bond motifs is 1. The summed E-state index contributed by atoms with van der Waals surface area (Å²) in [6.07, 6.45) is 0. The summed E-state index contributed by atoms with van der Waals surface area (Å²) < 4.78 is 4.05. The van der Waals surface area contributed by atoms with Crippen LogP contribution in [0.1, 0.15) is 16.8 Å². The molecule has 9 heteroatoms. The number of thioether (sulfide) groups is 1. The van der Waals surface area contributed by atoms with Crippen molar-refractivity contribution in [2.45, 2.75) is 25.2 Å². The SMILES string of the molecule is Cc1c(CNCCSc2nnnn2C)c2ccccc2n1Cc1ccccc1Cl.Cl. The smallest absolute Gasteiger partial charge is 0.209 e. The van der Waals surface area contributed by atoms with Crippen molar-refractivity contribution in [1.29, 1.82) is 0 Å². The Balaban J connectivity index is 0.00000256. The molecule has 158 valence electrons. The fourth-order valence-electron chi connectivity index (χ4n) is 3.50. The molecule has 2 heterocycles. The number of rotatable bonds is 8. The Kier molecular flexibility index (Phi) is 7.77. The van der Waals surface area contributed by atoms with E-state index in [1.165, 1.54) is 22.2 Å². The molecule has 30 heavy (non-hydrogen) atoms. The van der Waals surface area contributed by atoms with E-state index in [2.05, 4.69) is 62.7 Å². The van der Waals surface area contributed by atoms with Crippen LogP contribution in [0.5, 0.6) is 0 Å². The quantitative estimate of drug-likeness (QED) is 0.309. The largest absolute Gasteiger partial charge is 0.340 e. The van der Waals surface area contributed by atoms with Crippen LogP contribution in [-0.2, 0) is 20.1 Å². The van der Waals surface area contributed by atoms with E-state index in [1.807, 2.05) is 25.2 Å².